The van der Waals surface area contributed by atoms with E-state index in [1.807, 2.05) is 0 Å². The van der Waals surface area contributed by atoms with E-state index >= 15 is 0 Å². The van der Waals surface area contributed by atoms with Gasteiger partial charge in [0.05, 0.1) is 30.7 Å². The van der Waals surface area contributed by atoms with E-state index in [2.05, 4.69) is 5.10 Å². The molecule has 2 aromatic rings. The Hall–Kier alpha value is -1.46. The molecule has 0 fully saturated rings. The second-order valence-electron chi connectivity index (χ2n) is 3.01. The molecule has 2 aromatic heterocycles. The quantitative estimate of drug-likeness (QED) is 0.830. The van der Waals surface area contributed by atoms with Crippen molar-refractivity contribution < 1.29 is 9.52 Å². The molecule has 0 bridgehead atoms. The molecule has 0 saturated heterocycles. The Morgan fingerprint density at radius 1 is 1.60 bits per heavy atom. The van der Waals surface area contributed by atoms with Crippen LogP contribution in [-0.2, 0) is 6.54 Å². The molecule has 0 amide bonds. The number of hydrogen-bond acceptors (Lipinski definition) is 4. The van der Waals surface area contributed by atoms with Crippen molar-refractivity contribution in [3.05, 3.63) is 23.6 Å². The van der Waals surface area contributed by atoms with Gasteiger partial charge in [-0.15, -0.1) is 0 Å². The zero-order valence-electron chi connectivity index (χ0n) is 7.85. The second kappa shape index (κ2) is 3.96. The van der Waals surface area contributed by atoms with Gasteiger partial charge in [0, 0.05) is 6.07 Å². The molecule has 0 unspecified atom stereocenters. The number of halogens is 1. The van der Waals surface area contributed by atoms with E-state index in [1.165, 1.54) is 10.9 Å². The van der Waals surface area contributed by atoms with Gasteiger partial charge in [-0.05, 0) is 17.7 Å². The van der Waals surface area contributed by atoms with Gasteiger partial charge in [0.2, 0.25) is 5.22 Å². The molecule has 15 heavy (non-hydrogen) atoms. The van der Waals surface area contributed by atoms with E-state index in [-0.39, 0.29) is 11.8 Å². The summed E-state index contributed by atoms with van der Waals surface area (Å²) in [6.45, 7) is 0.353. The summed E-state index contributed by atoms with van der Waals surface area (Å²) in [4.78, 5) is 0. The molecule has 80 valence electrons. The van der Waals surface area contributed by atoms with Crippen molar-refractivity contribution in [2.75, 3.05) is 12.3 Å². The summed E-state index contributed by atoms with van der Waals surface area (Å²) in [7, 11) is 0. The predicted molar refractivity (Wildman–Crippen MR) is 56.4 cm³/mol. The summed E-state index contributed by atoms with van der Waals surface area (Å²) in [5.74, 6) is 0.483. The van der Waals surface area contributed by atoms with E-state index < -0.39 is 0 Å². The zero-order valence-corrected chi connectivity index (χ0v) is 8.61. The van der Waals surface area contributed by atoms with Crippen LogP contribution in [0.25, 0.3) is 11.3 Å². The number of furan rings is 1. The van der Waals surface area contributed by atoms with Gasteiger partial charge in [-0.25, -0.2) is 4.68 Å². The Morgan fingerprint density at radius 2 is 2.40 bits per heavy atom. The number of nitrogens with two attached hydrogens (primary N) is 1. The van der Waals surface area contributed by atoms with Crippen LogP contribution in [0.4, 0.5) is 5.82 Å². The van der Waals surface area contributed by atoms with Crippen LogP contribution in [0.3, 0.4) is 0 Å². The Kier molecular flexibility index (Phi) is 2.66. The number of aromatic nitrogens is 2. The van der Waals surface area contributed by atoms with E-state index in [1.54, 1.807) is 12.1 Å². The topological polar surface area (TPSA) is 77.2 Å². The molecule has 0 aliphatic heterocycles. The lowest BCUT2D eigenvalue weighted by Gasteiger charge is -1.98. The first kappa shape index (κ1) is 10.1. The summed E-state index contributed by atoms with van der Waals surface area (Å²) < 4.78 is 6.47. The monoisotopic (exact) mass is 227 g/mol. The van der Waals surface area contributed by atoms with Gasteiger partial charge in [-0.2, -0.15) is 5.10 Å². The van der Waals surface area contributed by atoms with Crippen molar-refractivity contribution in [3.63, 3.8) is 0 Å². The van der Waals surface area contributed by atoms with Crippen molar-refractivity contribution in [1.82, 2.24) is 9.78 Å². The molecule has 2 rings (SSSR count). The van der Waals surface area contributed by atoms with Crippen molar-refractivity contribution in [3.8, 4) is 11.3 Å². The van der Waals surface area contributed by atoms with Crippen molar-refractivity contribution in [1.29, 1.82) is 0 Å². The zero-order chi connectivity index (χ0) is 10.8. The number of anilines is 1. The third-order valence-corrected chi connectivity index (χ3v) is 2.31. The maximum Gasteiger partial charge on any atom is 0.202 e. The van der Waals surface area contributed by atoms with Crippen molar-refractivity contribution in [2.24, 2.45) is 0 Å². The van der Waals surface area contributed by atoms with Gasteiger partial charge in [-0.1, -0.05) is 0 Å². The minimum Gasteiger partial charge on any atom is -0.452 e. The summed E-state index contributed by atoms with van der Waals surface area (Å²) in [6.07, 6.45) is 1.49. The average molecular weight is 228 g/mol. The SMILES string of the molecule is Nc1cc(-c2ccoc2Cl)nn1CCO. The van der Waals surface area contributed by atoms with Gasteiger partial charge >= 0.3 is 0 Å². The lowest BCUT2D eigenvalue weighted by molar-refractivity contribution is 0.270. The molecule has 2 heterocycles. The van der Waals surface area contributed by atoms with E-state index in [0.29, 0.717) is 23.6 Å². The minimum atomic E-state index is -0.00949. The lowest BCUT2D eigenvalue weighted by Crippen LogP contribution is -2.07. The van der Waals surface area contributed by atoms with E-state index in [0.717, 1.165) is 0 Å². The summed E-state index contributed by atoms with van der Waals surface area (Å²) >= 11 is 5.81. The molecule has 0 aliphatic carbocycles. The minimum absolute atomic E-state index is 0.00949. The predicted octanol–water partition coefficient (Wildman–Crippen LogP) is 1.37. The van der Waals surface area contributed by atoms with Crippen molar-refractivity contribution in [2.45, 2.75) is 6.54 Å². The first-order valence-corrected chi connectivity index (χ1v) is 4.77. The molecule has 0 saturated carbocycles. The number of aliphatic hydroxyl groups is 1. The molecular weight excluding hydrogens is 218 g/mol. The molecule has 0 radical (unpaired) electrons. The van der Waals surface area contributed by atoms with Crippen LogP contribution in [0.15, 0.2) is 22.8 Å². The average Bonchev–Trinajstić information content (AvgIpc) is 2.75. The highest BCUT2D eigenvalue weighted by Crippen LogP contribution is 2.28. The van der Waals surface area contributed by atoms with Crippen LogP contribution in [0.2, 0.25) is 5.22 Å². The molecule has 0 atom stereocenters. The summed E-state index contributed by atoms with van der Waals surface area (Å²) in [5, 5.41) is 13.2. The Balaban J connectivity index is 2.38. The maximum absolute atomic E-state index is 8.78. The van der Waals surface area contributed by atoms with Crippen LogP contribution in [0, 0.1) is 0 Å². The fraction of sp³-hybridized carbons (Fsp3) is 0.222. The smallest absolute Gasteiger partial charge is 0.202 e. The Labute approximate surface area is 91.1 Å². The molecule has 0 aliphatic rings. The molecule has 0 spiro atoms. The molecule has 3 N–H and O–H groups in total. The van der Waals surface area contributed by atoms with Crippen LogP contribution in [0.1, 0.15) is 0 Å². The Morgan fingerprint density at radius 3 is 3.00 bits per heavy atom. The highest BCUT2D eigenvalue weighted by Gasteiger charge is 2.11. The van der Waals surface area contributed by atoms with Gasteiger partial charge in [-0.3, -0.25) is 0 Å². The molecular formula is C9H10ClN3O2. The van der Waals surface area contributed by atoms with E-state index in [4.69, 9.17) is 26.9 Å². The van der Waals surface area contributed by atoms with E-state index in [9.17, 15) is 0 Å². The fourth-order valence-corrected chi connectivity index (χ4v) is 1.52. The summed E-state index contributed by atoms with van der Waals surface area (Å²) in [6, 6.07) is 3.40. The van der Waals surface area contributed by atoms with Crippen LogP contribution in [-0.4, -0.2) is 21.5 Å². The third-order valence-electron chi connectivity index (χ3n) is 2.02. The van der Waals surface area contributed by atoms with Crippen LogP contribution < -0.4 is 5.73 Å². The van der Waals surface area contributed by atoms with Crippen LogP contribution in [0.5, 0.6) is 0 Å². The lowest BCUT2D eigenvalue weighted by atomic mass is 10.2. The first-order valence-electron chi connectivity index (χ1n) is 4.40. The standard InChI is InChI=1S/C9H10ClN3O2/c10-9-6(1-4-15-9)7-5-8(11)13(12-7)2-3-14/h1,4-5,14H,2-3,11H2. The van der Waals surface area contributed by atoms with Crippen molar-refractivity contribution >= 4 is 17.4 Å². The molecule has 5 nitrogen and oxygen atoms in total. The van der Waals surface area contributed by atoms with Gasteiger partial charge < -0.3 is 15.3 Å². The number of nitrogens with zero attached hydrogens (tertiary/aromatic N) is 2. The molecule has 0 aromatic carbocycles. The highest BCUT2D eigenvalue weighted by molar-refractivity contribution is 6.31. The largest absolute Gasteiger partial charge is 0.452 e. The maximum atomic E-state index is 8.78. The number of aliphatic hydroxyl groups excluding tert-OH is 1. The Bertz CT molecular complexity index is 464. The van der Waals surface area contributed by atoms with Gasteiger partial charge in [0.25, 0.3) is 0 Å². The highest BCUT2D eigenvalue weighted by atomic mass is 35.5. The molecule has 6 heteroatoms. The fourth-order valence-electron chi connectivity index (χ4n) is 1.31. The normalized spacial score (nSPS) is 10.8. The number of nitrogen functional groups attached to an aromatic ring is 1. The first-order chi connectivity index (χ1) is 7.22. The second-order valence-corrected chi connectivity index (χ2v) is 3.35. The number of hydrogen-bond donors (Lipinski definition) is 2. The van der Waals surface area contributed by atoms with Gasteiger partial charge in [0.1, 0.15) is 5.82 Å². The van der Waals surface area contributed by atoms with Gasteiger partial charge in [0.15, 0.2) is 0 Å². The third kappa shape index (κ3) is 1.84. The number of rotatable bonds is 3. The summed E-state index contributed by atoms with van der Waals surface area (Å²) in [5.41, 5.74) is 7.03. The van der Waals surface area contributed by atoms with Crippen LogP contribution >= 0.6 is 11.6 Å².